The molecule has 1 rings (SSSR count). The first kappa shape index (κ1) is 16.4. The Morgan fingerprint density at radius 2 is 2.00 bits per heavy atom. The molecule has 0 radical (unpaired) electrons. The minimum atomic E-state index is -4.59. The molecule has 3 nitrogen and oxygen atoms in total. The number of rotatable bonds is 3. The van der Waals surface area contributed by atoms with Gasteiger partial charge in [0, 0.05) is 19.1 Å². The van der Waals surface area contributed by atoms with Crippen LogP contribution in [-0.2, 0) is 4.79 Å². The van der Waals surface area contributed by atoms with E-state index in [9.17, 15) is 22.4 Å². The Morgan fingerprint density at radius 3 is 2.35 bits per heavy atom. The van der Waals surface area contributed by atoms with Crippen LogP contribution in [0.2, 0.25) is 0 Å². The maximum atomic E-state index is 12.7. The quantitative estimate of drug-likeness (QED) is 0.796. The fourth-order valence-corrected chi connectivity index (χ4v) is 1.71. The van der Waals surface area contributed by atoms with Crippen LogP contribution in [0.5, 0.6) is 0 Å². The standard InChI is InChI=1S/C9H14F4N2O.ClH/c1-5(14)6-2-3-15(4-6)8(16)9(12,13)7(10)11;/h5-7H,2-4,14H2,1H3;1H. The summed E-state index contributed by atoms with van der Waals surface area (Å²) in [6.45, 7) is 1.79. The van der Waals surface area contributed by atoms with Gasteiger partial charge in [0.2, 0.25) is 0 Å². The van der Waals surface area contributed by atoms with Gasteiger partial charge in [-0.25, -0.2) is 8.78 Å². The van der Waals surface area contributed by atoms with Crippen molar-refractivity contribution in [1.29, 1.82) is 0 Å². The first-order chi connectivity index (χ1) is 7.26. The van der Waals surface area contributed by atoms with Crippen molar-refractivity contribution in [3.8, 4) is 0 Å². The summed E-state index contributed by atoms with van der Waals surface area (Å²) < 4.78 is 49.4. The summed E-state index contributed by atoms with van der Waals surface area (Å²) in [6, 6.07) is -0.238. The van der Waals surface area contributed by atoms with Crippen molar-refractivity contribution in [2.24, 2.45) is 11.7 Å². The smallest absolute Gasteiger partial charge is 0.337 e. The molecular weight excluding hydrogens is 264 g/mol. The van der Waals surface area contributed by atoms with E-state index in [4.69, 9.17) is 5.73 Å². The summed E-state index contributed by atoms with van der Waals surface area (Å²) in [5.41, 5.74) is 5.56. The van der Waals surface area contributed by atoms with E-state index in [0.717, 1.165) is 4.90 Å². The Balaban J connectivity index is 0.00000256. The van der Waals surface area contributed by atoms with Crippen LogP contribution in [0.4, 0.5) is 17.6 Å². The number of carbonyl (C=O) groups is 1. The molecule has 0 bridgehead atoms. The van der Waals surface area contributed by atoms with E-state index in [-0.39, 0.29) is 37.5 Å². The summed E-state index contributed by atoms with van der Waals surface area (Å²) in [6.07, 6.45) is -3.49. The molecule has 0 aromatic carbocycles. The lowest BCUT2D eigenvalue weighted by Crippen LogP contribution is -2.47. The molecule has 0 aliphatic carbocycles. The van der Waals surface area contributed by atoms with Crippen LogP contribution in [0.3, 0.4) is 0 Å². The highest BCUT2D eigenvalue weighted by Crippen LogP contribution is 2.28. The molecule has 1 amide bonds. The van der Waals surface area contributed by atoms with Crippen molar-refractivity contribution < 1.29 is 22.4 Å². The van der Waals surface area contributed by atoms with E-state index >= 15 is 0 Å². The van der Waals surface area contributed by atoms with Crippen molar-refractivity contribution >= 4 is 18.3 Å². The second-order valence-corrected chi connectivity index (χ2v) is 4.08. The third-order valence-electron chi connectivity index (χ3n) is 2.81. The fraction of sp³-hybridized carbons (Fsp3) is 0.889. The predicted octanol–water partition coefficient (Wildman–Crippen LogP) is 1.50. The molecule has 1 aliphatic heterocycles. The van der Waals surface area contributed by atoms with Gasteiger partial charge in [0.15, 0.2) is 0 Å². The van der Waals surface area contributed by atoms with Gasteiger partial charge in [0.05, 0.1) is 0 Å². The number of nitrogens with zero attached hydrogens (tertiary/aromatic N) is 1. The molecule has 0 spiro atoms. The van der Waals surface area contributed by atoms with E-state index in [1.165, 1.54) is 0 Å². The fourth-order valence-electron chi connectivity index (χ4n) is 1.71. The van der Waals surface area contributed by atoms with Gasteiger partial charge in [-0.1, -0.05) is 0 Å². The number of alkyl halides is 4. The van der Waals surface area contributed by atoms with E-state index in [2.05, 4.69) is 0 Å². The maximum Gasteiger partial charge on any atom is 0.383 e. The average Bonchev–Trinajstić information content (AvgIpc) is 2.64. The summed E-state index contributed by atoms with van der Waals surface area (Å²) in [7, 11) is 0. The second kappa shape index (κ2) is 5.86. The molecule has 1 aliphatic rings. The zero-order chi connectivity index (χ0) is 12.5. The molecule has 1 saturated heterocycles. The van der Waals surface area contributed by atoms with Crippen molar-refractivity contribution in [3.05, 3.63) is 0 Å². The van der Waals surface area contributed by atoms with Gasteiger partial charge in [-0.15, -0.1) is 12.4 Å². The highest BCUT2D eigenvalue weighted by molar-refractivity contribution is 5.85. The van der Waals surface area contributed by atoms with Crippen molar-refractivity contribution in [2.75, 3.05) is 13.1 Å². The molecular formula is C9H15ClF4N2O. The maximum absolute atomic E-state index is 12.7. The molecule has 2 unspecified atom stereocenters. The molecule has 102 valence electrons. The SMILES string of the molecule is CC(N)C1CCN(C(=O)C(F)(F)C(F)F)C1.Cl. The second-order valence-electron chi connectivity index (χ2n) is 4.08. The Morgan fingerprint density at radius 1 is 1.47 bits per heavy atom. The van der Waals surface area contributed by atoms with Crippen LogP contribution in [0.15, 0.2) is 0 Å². The zero-order valence-corrected chi connectivity index (χ0v) is 10.0. The molecule has 0 aromatic rings. The summed E-state index contributed by atoms with van der Waals surface area (Å²) in [5, 5.41) is 0. The first-order valence-corrected chi connectivity index (χ1v) is 4.97. The van der Waals surface area contributed by atoms with Gasteiger partial charge in [-0.05, 0) is 19.3 Å². The van der Waals surface area contributed by atoms with Crippen molar-refractivity contribution in [3.63, 3.8) is 0 Å². The van der Waals surface area contributed by atoms with Gasteiger partial charge in [-0.3, -0.25) is 4.79 Å². The third kappa shape index (κ3) is 3.45. The Hall–Kier alpha value is -0.560. The van der Waals surface area contributed by atoms with Crippen LogP contribution >= 0.6 is 12.4 Å². The largest absolute Gasteiger partial charge is 0.383 e. The van der Waals surface area contributed by atoms with Crippen LogP contribution in [0.25, 0.3) is 0 Å². The lowest BCUT2D eigenvalue weighted by Gasteiger charge is -2.23. The average molecular weight is 279 g/mol. The third-order valence-corrected chi connectivity index (χ3v) is 2.81. The van der Waals surface area contributed by atoms with E-state index in [1.54, 1.807) is 6.92 Å². The molecule has 0 aromatic heterocycles. The van der Waals surface area contributed by atoms with Crippen LogP contribution < -0.4 is 5.73 Å². The minimum absolute atomic E-state index is 0. The van der Waals surface area contributed by atoms with Gasteiger partial charge >= 0.3 is 12.3 Å². The van der Waals surface area contributed by atoms with Gasteiger partial charge in [-0.2, -0.15) is 8.78 Å². The van der Waals surface area contributed by atoms with Crippen LogP contribution in [0.1, 0.15) is 13.3 Å². The van der Waals surface area contributed by atoms with Crippen LogP contribution in [0, 0.1) is 5.92 Å². The number of carbonyl (C=O) groups excluding carboxylic acids is 1. The summed E-state index contributed by atoms with van der Waals surface area (Å²) >= 11 is 0. The molecule has 1 heterocycles. The normalized spacial score (nSPS) is 22.5. The van der Waals surface area contributed by atoms with Crippen molar-refractivity contribution in [2.45, 2.75) is 31.7 Å². The Kier molecular flexibility index (Phi) is 5.67. The van der Waals surface area contributed by atoms with Crippen LogP contribution in [-0.4, -0.2) is 42.3 Å². The topological polar surface area (TPSA) is 46.3 Å². The van der Waals surface area contributed by atoms with Gasteiger partial charge in [0.25, 0.3) is 5.91 Å². The molecule has 0 saturated carbocycles. The monoisotopic (exact) mass is 278 g/mol. The van der Waals surface area contributed by atoms with E-state index in [1.807, 2.05) is 0 Å². The zero-order valence-electron chi connectivity index (χ0n) is 9.21. The highest BCUT2D eigenvalue weighted by Gasteiger charge is 2.52. The predicted molar refractivity (Wildman–Crippen MR) is 56.5 cm³/mol. The number of amides is 1. The minimum Gasteiger partial charge on any atom is -0.337 e. The number of hydrogen-bond acceptors (Lipinski definition) is 2. The molecule has 1 fully saturated rings. The number of likely N-dealkylation sites (tertiary alicyclic amines) is 1. The summed E-state index contributed by atoms with van der Waals surface area (Å²) in [5.74, 6) is -6.49. The molecule has 2 N–H and O–H groups in total. The lowest BCUT2D eigenvalue weighted by atomic mass is 10.0. The first-order valence-electron chi connectivity index (χ1n) is 4.97. The van der Waals surface area contributed by atoms with Gasteiger partial charge in [0.1, 0.15) is 0 Å². The molecule has 8 heteroatoms. The Bertz CT molecular complexity index is 276. The number of hydrogen-bond donors (Lipinski definition) is 1. The van der Waals surface area contributed by atoms with E-state index < -0.39 is 18.3 Å². The van der Waals surface area contributed by atoms with E-state index in [0.29, 0.717) is 6.42 Å². The molecule has 2 atom stereocenters. The number of nitrogens with two attached hydrogens (primary N) is 1. The van der Waals surface area contributed by atoms with Crippen molar-refractivity contribution in [1.82, 2.24) is 4.90 Å². The lowest BCUT2D eigenvalue weighted by molar-refractivity contribution is -0.179. The number of halogens is 5. The molecule has 17 heavy (non-hydrogen) atoms. The summed E-state index contributed by atoms with van der Waals surface area (Å²) in [4.78, 5) is 11.9. The van der Waals surface area contributed by atoms with Gasteiger partial charge < -0.3 is 10.6 Å². The highest BCUT2D eigenvalue weighted by atomic mass is 35.5. The Labute approximate surface area is 103 Å².